The highest BCUT2D eigenvalue weighted by atomic mass is 19.3. The topological polar surface area (TPSA) is 42.2 Å². The normalized spacial score (nSPS) is 10.6. The summed E-state index contributed by atoms with van der Waals surface area (Å²) in [4.78, 5) is 12.0. The Kier molecular flexibility index (Phi) is 5.04. The number of pyridine rings is 1. The van der Waals surface area contributed by atoms with Crippen LogP contribution in [0.15, 0.2) is 42.6 Å². The summed E-state index contributed by atoms with van der Waals surface area (Å²) in [6, 6.07) is 9.66. The first-order valence-electron chi connectivity index (χ1n) is 6.76. The molecule has 4 nitrogen and oxygen atoms in total. The summed E-state index contributed by atoms with van der Waals surface area (Å²) < 4.78 is 30.2. The number of carbonyl (C=O) groups is 1. The molecule has 6 heteroatoms. The van der Waals surface area contributed by atoms with E-state index in [0.29, 0.717) is 5.69 Å². The smallest absolute Gasteiger partial charge is 0.387 e. The molecule has 0 unspecified atom stereocenters. The number of aryl methyl sites for hydroxylation is 1. The summed E-state index contributed by atoms with van der Waals surface area (Å²) >= 11 is 0. The lowest BCUT2D eigenvalue weighted by Crippen LogP contribution is -2.43. The second-order valence-corrected chi connectivity index (χ2v) is 4.86. The van der Waals surface area contributed by atoms with Gasteiger partial charge in [0.2, 0.25) is 6.54 Å². The highest BCUT2D eigenvalue weighted by Crippen LogP contribution is 2.17. The summed E-state index contributed by atoms with van der Waals surface area (Å²) in [5.74, 6) is -0.141. The van der Waals surface area contributed by atoms with Crippen molar-refractivity contribution in [1.29, 1.82) is 0 Å². The van der Waals surface area contributed by atoms with Crippen LogP contribution in [-0.4, -0.2) is 12.5 Å². The number of rotatable bonds is 5. The van der Waals surface area contributed by atoms with Gasteiger partial charge in [-0.3, -0.25) is 4.79 Å². The fraction of sp³-hybridized carbons (Fsp3) is 0.250. The number of alkyl halides is 2. The van der Waals surface area contributed by atoms with Crippen molar-refractivity contribution in [3.8, 4) is 5.75 Å². The number of hydrogen-bond donors (Lipinski definition) is 1. The van der Waals surface area contributed by atoms with Crippen LogP contribution in [0.1, 0.15) is 11.3 Å². The predicted molar refractivity (Wildman–Crippen MR) is 77.8 cm³/mol. The standard InChI is InChI=1S/C16H16F2N2O2/c1-11-4-3-9-20(12(11)2)10-15(21)19-13-5-7-14(8-6-13)22-16(17)18/h3-9,16H,10H2,1-2H3/p+1. The fourth-order valence-electron chi connectivity index (χ4n) is 2.00. The predicted octanol–water partition coefficient (Wildman–Crippen LogP) is 2.83. The van der Waals surface area contributed by atoms with E-state index in [-0.39, 0.29) is 18.2 Å². The van der Waals surface area contributed by atoms with Gasteiger partial charge in [-0.2, -0.15) is 13.3 Å². The quantitative estimate of drug-likeness (QED) is 0.863. The van der Waals surface area contributed by atoms with Crippen LogP contribution in [0.5, 0.6) is 5.75 Å². The Hall–Kier alpha value is -2.50. The zero-order valence-corrected chi connectivity index (χ0v) is 12.3. The van der Waals surface area contributed by atoms with Crippen LogP contribution in [0.3, 0.4) is 0 Å². The average Bonchev–Trinajstić information content (AvgIpc) is 2.45. The first-order chi connectivity index (χ1) is 10.5. The van der Waals surface area contributed by atoms with Crippen molar-refractivity contribution < 1.29 is 22.9 Å². The van der Waals surface area contributed by atoms with Crippen LogP contribution >= 0.6 is 0 Å². The van der Waals surface area contributed by atoms with Crippen LogP contribution in [-0.2, 0) is 11.3 Å². The van der Waals surface area contributed by atoms with Gasteiger partial charge in [0.25, 0.3) is 5.91 Å². The highest BCUT2D eigenvalue weighted by molar-refractivity contribution is 5.89. The van der Waals surface area contributed by atoms with Crippen LogP contribution < -0.4 is 14.6 Å². The van der Waals surface area contributed by atoms with Gasteiger partial charge in [0, 0.05) is 24.2 Å². The van der Waals surface area contributed by atoms with E-state index in [4.69, 9.17) is 0 Å². The number of hydrogen-bond acceptors (Lipinski definition) is 2. The van der Waals surface area contributed by atoms with Gasteiger partial charge in [-0.05, 0) is 37.3 Å². The molecule has 22 heavy (non-hydrogen) atoms. The van der Waals surface area contributed by atoms with Gasteiger partial charge < -0.3 is 10.1 Å². The second kappa shape index (κ2) is 6.98. The molecule has 2 aromatic rings. The Balaban J connectivity index is 1.98. The minimum absolute atomic E-state index is 0.0527. The van der Waals surface area contributed by atoms with Crippen molar-refractivity contribution in [3.05, 3.63) is 53.9 Å². The van der Waals surface area contributed by atoms with Crippen molar-refractivity contribution >= 4 is 11.6 Å². The Bertz CT molecular complexity index is 658. The molecule has 116 valence electrons. The van der Waals surface area contributed by atoms with E-state index in [9.17, 15) is 13.6 Å². The molecule has 0 bridgehead atoms. The minimum atomic E-state index is -2.86. The summed E-state index contributed by atoms with van der Waals surface area (Å²) in [7, 11) is 0. The molecule has 0 aliphatic heterocycles. The maximum Gasteiger partial charge on any atom is 0.387 e. The second-order valence-electron chi connectivity index (χ2n) is 4.86. The summed E-state index contributed by atoms with van der Waals surface area (Å²) in [6.45, 7) is 1.24. The molecule has 0 saturated heterocycles. The molecule has 2 rings (SSSR count). The molecule has 1 heterocycles. The third-order valence-corrected chi connectivity index (χ3v) is 3.29. The number of nitrogens with one attached hydrogen (secondary N) is 1. The number of benzene rings is 1. The zero-order chi connectivity index (χ0) is 16.1. The fourth-order valence-corrected chi connectivity index (χ4v) is 2.00. The van der Waals surface area contributed by atoms with Gasteiger partial charge in [0.05, 0.1) is 0 Å². The Morgan fingerprint density at radius 2 is 1.91 bits per heavy atom. The van der Waals surface area contributed by atoms with Gasteiger partial charge in [-0.1, -0.05) is 0 Å². The third kappa shape index (κ3) is 4.25. The van der Waals surface area contributed by atoms with Crippen LogP contribution in [0.2, 0.25) is 0 Å². The van der Waals surface area contributed by atoms with E-state index < -0.39 is 6.61 Å². The number of halogens is 2. The molecule has 0 fully saturated rings. The molecular weight excluding hydrogens is 290 g/mol. The molecule has 0 spiro atoms. The van der Waals surface area contributed by atoms with E-state index >= 15 is 0 Å². The lowest BCUT2D eigenvalue weighted by Gasteiger charge is -2.07. The molecule has 1 N–H and O–H groups in total. The van der Waals surface area contributed by atoms with Gasteiger partial charge in [-0.25, -0.2) is 0 Å². The summed E-state index contributed by atoms with van der Waals surface area (Å²) in [6.07, 6.45) is 1.83. The van der Waals surface area contributed by atoms with Gasteiger partial charge in [-0.15, -0.1) is 0 Å². The van der Waals surface area contributed by atoms with E-state index in [1.54, 1.807) is 0 Å². The molecule has 0 aliphatic rings. The largest absolute Gasteiger partial charge is 0.435 e. The highest BCUT2D eigenvalue weighted by Gasteiger charge is 2.14. The summed E-state index contributed by atoms with van der Waals surface area (Å²) in [5, 5.41) is 2.71. The lowest BCUT2D eigenvalue weighted by atomic mass is 10.2. The maximum atomic E-state index is 12.0. The average molecular weight is 307 g/mol. The Labute approximate surface area is 127 Å². The molecule has 1 aromatic carbocycles. The van der Waals surface area contributed by atoms with Crippen molar-refractivity contribution in [2.45, 2.75) is 27.0 Å². The third-order valence-electron chi connectivity index (χ3n) is 3.29. The molecule has 0 saturated carbocycles. The van der Waals surface area contributed by atoms with Gasteiger partial charge >= 0.3 is 6.61 Å². The molecule has 0 aliphatic carbocycles. The van der Waals surface area contributed by atoms with E-state index in [1.165, 1.54) is 24.3 Å². The number of aromatic nitrogens is 1. The molecule has 0 radical (unpaired) electrons. The van der Waals surface area contributed by atoms with Crippen molar-refractivity contribution in [2.75, 3.05) is 5.32 Å². The van der Waals surface area contributed by atoms with Gasteiger partial charge in [0.1, 0.15) is 5.75 Å². The zero-order valence-electron chi connectivity index (χ0n) is 12.3. The first-order valence-corrected chi connectivity index (χ1v) is 6.76. The lowest BCUT2D eigenvalue weighted by molar-refractivity contribution is -0.690. The number of anilines is 1. The minimum Gasteiger partial charge on any atom is -0.435 e. The molecular formula is C16H17F2N2O2+. The van der Waals surface area contributed by atoms with Gasteiger partial charge in [0.15, 0.2) is 11.9 Å². The van der Waals surface area contributed by atoms with Crippen molar-refractivity contribution in [1.82, 2.24) is 0 Å². The number of ether oxygens (including phenoxy) is 1. The SMILES string of the molecule is Cc1ccc[n+](CC(=O)Nc2ccc(OC(F)F)cc2)c1C. The van der Waals surface area contributed by atoms with Crippen LogP contribution in [0, 0.1) is 13.8 Å². The number of carbonyl (C=O) groups excluding carboxylic acids is 1. The van der Waals surface area contributed by atoms with Crippen molar-refractivity contribution in [2.24, 2.45) is 0 Å². The first kappa shape index (κ1) is 15.9. The van der Waals surface area contributed by atoms with Crippen LogP contribution in [0.4, 0.5) is 14.5 Å². The maximum absolute atomic E-state index is 12.0. The van der Waals surface area contributed by atoms with E-state index in [2.05, 4.69) is 10.1 Å². The molecule has 0 atom stereocenters. The molecule has 1 aromatic heterocycles. The van der Waals surface area contributed by atoms with E-state index in [1.807, 2.05) is 36.7 Å². The Morgan fingerprint density at radius 1 is 1.23 bits per heavy atom. The van der Waals surface area contributed by atoms with E-state index in [0.717, 1.165) is 11.3 Å². The monoisotopic (exact) mass is 307 g/mol. The number of nitrogens with zero attached hydrogens (tertiary/aromatic N) is 1. The summed E-state index contributed by atoms with van der Waals surface area (Å²) in [5.41, 5.74) is 2.64. The van der Waals surface area contributed by atoms with Crippen LogP contribution in [0.25, 0.3) is 0 Å². The Morgan fingerprint density at radius 3 is 2.55 bits per heavy atom. The molecule has 1 amide bonds. The number of amides is 1. The van der Waals surface area contributed by atoms with Crippen molar-refractivity contribution in [3.63, 3.8) is 0 Å².